The number of rotatable bonds is 3. The molecule has 6 aromatic rings. The van der Waals surface area contributed by atoms with Gasteiger partial charge in [0.05, 0.1) is 0 Å². The summed E-state index contributed by atoms with van der Waals surface area (Å²) in [4.78, 5) is 9.54. The minimum absolute atomic E-state index is 0. The fourth-order valence-electron chi connectivity index (χ4n) is 5.11. The molecule has 37 heavy (non-hydrogen) atoms. The summed E-state index contributed by atoms with van der Waals surface area (Å²) in [5, 5.41) is 13.9. The van der Waals surface area contributed by atoms with Crippen LogP contribution in [-0.4, -0.2) is 19.6 Å². The summed E-state index contributed by atoms with van der Waals surface area (Å²) in [6.45, 7) is 8.62. The first-order valence-corrected chi connectivity index (χ1v) is 12.3. The summed E-state index contributed by atoms with van der Waals surface area (Å²) in [7, 11) is 0. The Hall–Kier alpha value is -3.49. The SMILES string of the molecule is Cc1ccnc(-n2c3[c-]c(Cc4ccc5c(C(C)(C)C)ccc(O)c5n4)ccc3c3ccccc32)c1.[Pt]. The number of hydrogen-bond donors (Lipinski definition) is 1. The quantitative estimate of drug-likeness (QED) is 0.200. The number of benzene rings is 3. The number of hydrogen-bond acceptors (Lipinski definition) is 3. The Bertz CT molecular complexity index is 1780. The van der Waals surface area contributed by atoms with Crippen LogP contribution in [0.3, 0.4) is 0 Å². The maximum atomic E-state index is 10.6. The van der Waals surface area contributed by atoms with Gasteiger partial charge in [0.1, 0.15) is 17.1 Å². The van der Waals surface area contributed by atoms with Crippen molar-refractivity contribution in [3.05, 3.63) is 107 Å². The van der Waals surface area contributed by atoms with Gasteiger partial charge in [-0.05, 0) is 65.6 Å². The molecule has 5 heteroatoms. The zero-order valence-corrected chi connectivity index (χ0v) is 23.6. The van der Waals surface area contributed by atoms with E-state index in [9.17, 15) is 5.11 Å². The van der Waals surface area contributed by atoms with Gasteiger partial charge in [0, 0.05) is 43.9 Å². The van der Waals surface area contributed by atoms with Gasteiger partial charge in [-0.1, -0.05) is 56.6 Å². The largest absolute Gasteiger partial charge is 0.506 e. The van der Waals surface area contributed by atoms with Crippen LogP contribution in [0.4, 0.5) is 0 Å². The molecule has 0 aliphatic heterocycles. The summed E-state index contributed by atoms with van der Waals surface area (Å²) in [6, 6.07) is 28.4. The Labute approximate surface area is 231 Å². The zero-order valence-electron chi connectivity index (χ0n) is 21.3. The van der Waals surface area contributed by atoms with Gasteiger partial charge in [-0.3, -0.25) is 0 Å². The number of phenolic OH excluding ortho intramolecular Hbond substituents is 1. The number of aryl methyl sites for hydroxylation is 1. The molecule has 3 aromatic carbocycles. The summed E-state index contributed by atoms with van der Waals surface area (Å²) >= 11 is 0. The van der Waals surface area contributed by atoms with Crippen molar-refractivity contribution >= 4 is 32.7 Å². The van der Waals surface area contributed by atoms with Gasteiger partial charge in [-0.25, -0.2) is 9.97 Å². The third-order valence-corrected chi connectivity index (χ3v) is 6.85. The van der Waals surface area contributed by atoms with Gasteiger partial charge >= 0.3 is 0 Å². The Morgan fingerprint density at radius 3 is 2.46 bits per heavy atom. The van der Waals surface area contributed by atoms with Crippen LogP contribution >= 0.6 is 0 Å². The topological polar surface area (TPSA) is 50.9 Å². The van der Waals surface area contributed by atoms with Gasteiger partial charge in [0.25, 0.3) is 0 Å². The first-order valence-electron chi connectivity index (χ1n) is 12.3. The third-order valence-electron chi connectivity index (χ3n) is 6.85. The zero-order chi connectivity index (χ0) is 25.0. The van der Waals surface area contributed by atoms with Crippen LogP contribution in [0.5, 0.6) is 5.75 Å². The Morgan fingerprint density at radius 1 is 0.892 bits per heavy atom. The van der Waals surface area contributed by atoms with E-state index in [1.165, 1.54) is 10.9 Å². The summed E-state index contributed by atoms with van der Waals surface area (Å²) < 4.78 is 2.19. The van der Waals surface area contributed by atoms with E-state index < -0.39 is 0 Å². The summed E-state index contributed by atoms with van der Waals surface area (Å²) in [6.07, 6.45) is 2.47. The first kappa shape index (κ1) is 25.2. The fourth-order valence-corrected chi connectivity index (χ4v) is 5.11. The minimum atomic E-state index is -0.0365. The molecule has 0 aliphatic carbocycles. The molecular weight excluding hydrogens is 637 g/mol. The monoisotopic (exact) mass is 665 g/mol. The molecule has 0 aliphatic rings. The van der Waals surface area contributed by atoms with Crippen molar-refractivity contribution in [1.29, 1.82) is 0 Å². The number of nitrogens with zero attached hydrogens (tertiary/aromatic N) is 3. The third kappa shape index (κ3) is 4.44. The normalized spacial score (nSPS) is 11.8. The predicted octanol–water partition coefficient (Wildman–Crippen LogP) is 7.43. The van der Waals surface area contributed by atoms with Crippen molar-refractivity contribution in [2.75, 3.05) is 0 Å². The van der Waals surface area contributed by atoms with Gasteiger partial charge in [-0.15, -0.1) is 5.39 Å². The molecule has 0 saturated heterocycles. The molecule has 0 unspecified atom stereocenters. The molecule has 0 spiro atoms. The molecule has 6 rings (SSSR count). The Balaban J connectivity index is 0.00000280. The maximum absolute atomic E-state index is 10.6. The van der Waals surface area contributed by atoms with E-state index in [-0.39, 0.29) is 32.2 Å². The number of phenols is 1. The van der Waals surface area contributed by atoms with Crippen LogP contribution < -0.4 is 0 Å². The number of para-hydroxylation sites is 1. The van der Waals surface area contributed by atoms with Crippen LogP contribution in [0.25, 0.3) is 38.5 Å². The van der Waals surface area contributed by atoms with Gasteiger partial charge in [0.2, 0.25) is 0 Å². The predicted molar refractivity (Wildman–Crippen MR) is 147 cm³/mol. The number of aromatic hydroxyl groups is 1. The maximum Gasteiger partial charge on any atom is 0.141 e. The molecule has 4 nitrogen and oxygen atoms in total. The molecule has 0 saturated carbocycles. The van der Waals surface area contributed by atoms with Gasteiger partial charge in [-0.2, -0.15) is 23.8 Å². The van der Waals surface area contributed by atoms with E-state index in [1.807, 2.05) is 18.3 Å². The second-order valence-corrected chi connectivity index (χ2v) is 10.5. The first-order chi connectivity index (χ1) is 17.3. The molecular formula is C32H28N3OPt-. The van der Waals surface area contributed by atoms with Crippen LogP contribution in [0.1, 0.15) is 43.2 Å². The van der Waals surface area contributed by atoms with Crippen LogP contribution in [0, 0.1) is 13.0 Å². The standard InChI is InChI=1S/C32H28N3O.Pt/c1-20-15-16-33-30(17-20)35-27-8-6-5-7-23(27)24-11-9-21(19-28(24)35)18-22-10-12-25-26(32(2,3)4)13-14-29(36)31(25)34-22;/h5-17,36H,18H2,1-4H3;/q-1;. The molecule has 1 N–H and O–H groups in total. The van der Waals surface area contributed by atoms with E-state index in [1.54, 1.807) is 6.07 Å². The van der Waals surface area contributed by atoms with E-state index in [2.05, 4.69) is 97.9 Å². The Kier molecular flexibility index (Phi) is 6.41. The molecule has 3 aromatic heterocycles. The van der Waals surface area contributed by atoms with E-state index in [4.69, 9.17) is 4.98 Å². The van der Waals surface area contributed by atoms with Crippen molar-refractivity contribution in [3.63, 3.8) is 0 Å². The number of fused-ring (bicyclic) bond motifs is 4. The van der Waals surface area contributed by atoms with E-state index in [0.29, 0.717) is 11.9 Å². The van der Waals surface area contributed by atoms with E-state index >= 15 is 0 Å². The fraction of sp³-hybridized carbons (Fsp3) is 0.188. The van der Waals surface area contributed by atoms with Crippen molar-refractivity contribution in [3.8, 4) is 11.6 Å². The van der Waals surface area contributed by atoms with Crippen LogP contribution in [0.2, 0.25) is 0 Å². The molecule has 0 fully saturated rings. The van der Waals surface area contributed by atoms with Crippen LogP contribution in [0.15, 0.2) is 79.0 Å². The average Bonchev–Trinajstić information content (AvgIpc) is 3.17. The Morgan fingerprint density at radius 2 is 1.68 bits per heavy atom. The number of pyridine rings is 2. The van der Waals surface area contributed by atoms with Crippen LogP contribution in [-0.2, 0) is 32.9 Å². The van der Waals surface area contributed by atoms with Crippen molar-refractivity contribution in [2.45, 2.75) is 39.5 Å². The second-order valence-electron chi connectivity index (χ2n) is 10.5. The molecule has 0 atom stereocenters. The molecule has 0 amide bonds. The second kappa shape index (κ2) is 9.43. The minimum Gasteiger partial charge on any atom is -0.506 e. The molecule has 3 heterocycles. The van der Waals surface area contributed by atoms with Gasteiger partial charge in [0.15, 0.2) is 0 Å². The summed E-state index contributed by atoms with van der Waals surface area (Å²) in [5.74, 6) is 1.10. The van der Waals surface area contributed by atoms with Crippen molar-refractivity contribution in [1.82, 2.24) is 14.5 Å². The molecule has 0 bridgehead atoms. The smallest absolute Gasteiger partial charge is 0.141 e. The number of aromatic nitrogens is 3. The average molecular weight is 666 g/mol. The van der Waals surface area contributed by atoms with Crippen molar-refractivity contribution in [2.24, 2.45) is 0 Å². The van der Waals surface area contributed by atoms with Crippen molar-refractivity contribution < 1.29 is 26.2 Å². The van der Waals surface area contributed by atoms with E-state index in [0.717, 1.165) is 44.4 Å². The summed E-state index contributed by atoms with van der Waals surface area (Å²) in [5.41, 5.74) is 7.01. The molecule has 188 valence electrons. The van der Waals surface area contributed by atoms with Gasteiger partial charge < -0.3 is 9.67 Å². The molecule has 0 radical (unpaired) electrons.